The summed E-state index contributed by atoms with van der Waals surface area (Å²) in [6, 6.07) is 3.74. The number of benzene rings is 1. The number of hydrogen-bond acceptors (Lipinski definition) is 2. The Labute approximate surface area is 95.2 Å². The van der Waals surface area contributed by atoms with Crippen molar-refractivity contribution < 1.29 is 9.53 Å². The third-order valence-electron chi connectivity index (χ3n) is 2.34. The molecule has 0 aliphatic carbocycles. The van der Waals surface area contributed by atoms with Gasteiger partial charge in [-0.05, 0) is 37.1 Å². The molecule has 0 saturated heterocycles. The van der Waals surface area contributed by atoms with Gasteiger partial charge < -0.3 is 4.74 Å². The largest absolute Gasteiger partial charge is 0.497 e. The first kappa shape index (κ1) is 12.1. The molecule has 0 fully saturated rings. The normalized spacial score (nSPS) is 10.1. The van der Waals surface area contributed by atoms with Crippen LogP contribution in [0.4, 0.5) is 0 Å². The van der Waals surface area contributed by atoms with E-state index in [0.29, 0.717) is 12.3 Å². The van der Waals surface area contributed by atoms with Crippen molar-refractivity contribution in [1.82, 2.24) is 0 Å². The second-order valence-electron chi connectivity index (χ2n) is 3.50. The number of alkyl halides is 1. The van der Waals surface area contributed by atoms with Crippen LogP contribution in [-0.4, -0.2) is 18.8 Å². The molecule has 82 valence electrons. The van der Waals surface area contributed by atoms with Crippen molar-refractivity contribution in [1.29, 1.82) is 0 Å². The summed E-state index contributed by atoms with van der Waals surface area (Å²) in [5.41, 5.74) is 2.67. The number of carbonyl (C=O) groups is 1. The molecule has 1 aromatic carbocycles. The lowest BCUT2D eigenvalue weighted by Crippen LogP contribution is -2.05. The van der Waals surface area contributed by atoms with E-state index in [1.54, 1.807) is 7.11 Å². The minimum atomic E-state index is 0.0997. The first-order valence-corrected chi connectivity index (χ1v) is 5.38. The number of aryl methyl sites for hydroxylation is 2. The summed E-state index contributed by atoms with van der Waals surface area (Å²) in [5.74, 6) is 1.25. The lowest BCUT2D eigenvalue weighted by Gasteiger charge is -2.10. The molecule has 2 nitrogen and oxygen atoms in total. The van der Waals surface area contributed by atoms with E-state index >= 15 is 0 Å². The summed E-state index contributed by atoms with van der Waals surface area (Å²) in [7, 11) is 1.62. The second kappa shape index (κ2) is 5.17. The lowest BCUT2D eigenvalue weighted by atomic mass is 9.97. The first-order valence-electron chi connectivity index (χ1n) is 4.84. The molecular weight excluding hydrogens is 212 g/mol. The Hall–Kier alpha value is -1.02. The van der Waals surface area contributed by atoms with Crippen LogP contribution in [0.2, 0.25) is 0 Å². The van der Waals surface area contributed by atoms with Crippen molar-refractivity contribution in [3.63, 3.8) is 0 Å². The minimum Gasteiger partial charge on any atom is -0.497 e. The number of Topliss-reactive ketones (excluding diaryl/α,β-unsaturated/α-hetero) is 1. The van der Waals surface area contributed by atoms with E-state index in [0.717, 1.165) is 22.4 Å². The van der Waals surface area contributed by atoms with Gasteiger partial charge in [-0.1, -0.05) is 0 Å². The standard InChI is InChI=1S/C12H15ClO2/c1-8-6-10(15-3)7-9(2)12(8)11(14)4-5-13/h6-7H,4-5H2,1-3H3. The monoisotopic (exact) mass is 226 g/mol. The Morgan fingerprint density at radius 3 is 2.27 bits per heavy atom. The van der Waals surface area contributed by atoms with E-state index in [-0.39, 0.29) is 5.78 Å². The molecule has 0 aliphatic rings. The zero-order valence-corrected chi connectivity index (χ0v) is 10.0. The van der Waals surface area contributed by atoms with Crippen molar-refractivity contribution in [2.45, 2.75) is 20.3 Å². The average Bonchev–Trinajstić information content (AvgIpc) is 2.16. The highest BCUT2D eigenvalue weighted by Gasteiger charge is 2.12. The van der Waals surface area contributed by atoms with Gasteiger partial charge in [0.25, 0.3) is 0 Å². The predicted molar refractivity (Wildman–Crippen MR) is 62.1 cm³/mol. The maximum absolute atomic E-state index is 11.8. The third kappa shape index (κ3) is 2.72. The molecule has 0 aromatic heterocycles. The predicted octanol–water partition coefficient (Wildman–Crippen LogP) is 3.12. The summed E-state index contributed by atoms with van der Waals surface area (Å²) in [6.45, 7) is 3.83. The van der Waals surface area contributed by atoms with Gasteiger partial charge in [-0.15, -0.1) is 11.6 Å². The summed E-state index contributed by atoms with van der Waals surface area (Å²) in [5, 5.41) is 0. The fourth-order valence-electron chi connectivity index (χ4n) is 1.69. The summed E-state index contributed by atoms with van der Waals surface area (Å²) < 4.78 is 5.13. The van der Waals surface area contributed by atoms with Gasteiger partial charge in [0.2, 0.25) is 0 Å². The summed E-state index contributed by atoms with van der Waals surface area (Å²) in [4.78, 5) is 11.8. The van der Waals surface area contributed by atoms with Crippen LogP contribution in [-0.2, 0) is 0 Å². The van der Waals surface area contributed by atoms with Gasteiger partial charge in [-0.2, -0.15) is 0 Å². The molecule has 0 saturated carbocycles. The number of hydrogen-bond donors (Lipinski definition) is 0. The topological polar surface area (TPSA) is 26.3 Å². The highest BCUT2D eigenvalue weighted by Crippen LogP contribution is 2.22. The van der Waals surface area contributed by atoms with Crippen LogP contribution in [0.15, 0.2) is 12.1 Å². The minimum absolute atomic E-state index is 0.0997. The number of ether oxygens (including phenoxy) is 1. The van der Waals surface area contributed by atoms with Gasteiger partial charge >= 0.3 is 0 Å². The molecule has 15 heavy (non-hydrogen) atoms. The molecule has 0 spiro atoms. The fourth-order valence-corrected chi connectivity index (χ4v) is 1.86. The van der Waals surface area contributed by atoms with Crippen LogP contribution in [0.3, 0.4) is 0 Å². The Kier molecular flexibility index (Phi) is 4.15. The Morgan fingerprint density at radius 1 is 1.33 bits per heavy atom. The van der Waals surface area contributed by atoms with Crippen LogP contribution >= 0.6 is 11.6 Å². The highest BCUT2D eigenvalue weighted by molar-refractivity contribution is 6.19. The number of rotatable bonds is 4. The van der Waals surface area contributed by atoms with Gasteiger partial charge in [-0.3, -0.25) is 4.79 Å². The highest BCUT2D eigenvalue weighted by atomic mass is 35.5. The Morgan fingerprint density at radius 2 is 1.87 bits per heavy atom. The molecule has 0 N–H and O–H groups in total. The van der Waals surface area contributed by atoms with Gasteiger partial charge in [0.1, 0.15) is 5.75 Å². The van der Waals surface area contributed by atoms with Crippen LogP contribution in [0.1, 0.15) is 27.9 Å². The molecule has 0 heterocycles. The van der Waals surface area contributed by atoms with Crippen LogP contribution in [0, 0.1) is 13.8 Å². The van der Waals surface area contributed by atoms with Crippen molar-refractivity contribution in [2.24, 2.45) is 0 Å². The molecule has 0 aliphatic heterocycles. The molecule has 0 unspecified atom stereocenters. The van der Waals surface area contributed by atoms with Crippen molar-refractivity contribution in [3.8, 4) is 5.75 Å². The maximum atomic E-state index is 11.8. The molecular formula is C12H15ClO2. The zero-order chi connectivity index (χ0) is 11.4. The molecule has 0 bridgehead atoms. The van der Waals surface area contributed by atoms with Gasteiger partial charge in [0.05, 0.1) is 7.11 Å². The van der Waals surface area contributed by atoms with E-state index in [1.165, 1.54) is 0 Å². The van der Waals surface area contributed by atoms with Crippen LogP contribution < -0.4 is 4.74 Å². The molecule has 3 heteroatoms. The molecule has 0 atom stereocenters. The second-order valence-corrected chi connectivity index (χ2v) is 3.88. The van der Waals surface area contributed by atoms with Gasteiger partial charge in [0.15, 0.2) is 5.78 Å². The molecule has 0 radical (unpaired) electrons. The van der Waals surface area contributed by atoms with E-state index in [2.05, 4.69) is 0 Å². The van der Waals surface area contributed by atoms with Gasteiger partial charge in [-0.25, -0.2) is 0 Å². The smallest absolute Gasteiger partial charge is 0.164 e. The van der Waals surface area contributed by atoms with E-state index in [4.69, 9.17) is 16.3 Å². The molecule has 1 aromatic rings. The van der Waals surface area contributed by atoms with E-state index in [1.807, 2.05) is 26.0 Å². The number of methoxy groups -OCH3 is 1. The summed E-state index contributed by atoms with van der Waals surface area (Å²) in [6.07, 6.45) is 0.384. The van der Waals surface area contributed by atoms with Crippen LogP contribution in [0.5, 0.6) is 5.75 Å². The third-order valence-corrected chi connectivity index (χ3v) is 2.53. The Bertz CT molecular complexity index is 349. The Balaban J connectivity index is 3.13. The van der Waals surface area contributed by atoms with Crippen molar-refractivity contribution in [3.05, 3.63) is 28.8 Å². The van der Waals surface area contributed by atoms with Crippen molar-refractivity contribution in [2.75, 3.05) is 13.0 Å². The first-order chi connectivity index (χ1) is 7.10. The quantitative estimate of drug-likeness (QED) is 0.583. The maximum Gasteiger partial charge on any atom is 0.164 e. The zero-order valence-electron chi connectivity index (χ0n) is 9.26. The molecule has 1 rings (SSSR count). The lowest BCUT2D eigenvalue weighted by molar-refractivity contribution is 0.0988. The van der Waals surface area contributed by atoms with Gasteiger partial charge in [0, 0.05) is 17.9 Å². The van der Waals surface area contributed by atoms with E-state index < -0.39 is 0 Å². The van der Waals surface area contributed by atoms with E-state index in [9.17, 15) is 4.79 Å². The summed E-state index contributed by atoms with van der Waals surface area (Å²) >= 11 is 5.56. The van der Waals surface area contributed by atoms with Crippen LogP contribution in [0.25, 0.3) is 0 Å². The SMILES string of the molecule is COc1cc(C)c(C(=O)CCCl)c(C)c1. The fraction of sp³-hybridized carbons (Fsp3) is 0.417. The van der Waals surface area contributed by atoms with Crippen molar-refractivity contribution >= 4 is 17.4 Å². The number of halogens is 1. The average molecular weight is 227 g/mol. The number of carbonyl (C=O) groups excluding carboxylic acids is 1. The molecule has 0 amide bonds. The number of ketones is 1.